The highest BCUT2D eigenvalue weighted by Gasteiger charge is 2.41. The lowest BCUT2D eigenvalue weighted by molar-refractivity contribution is -0.158. The minimum atomic E-state index is -4.65. The Kier molecular flexibility index (Phi) is 4.26. The molecule has 0 saturated carbocycles. The zero-order chi connectivity index (χ0) is 14.0. The Morgan fingerprint density at radius 1 is 1.11 bits per heavy atom. The summed E-state index contributed by atoms with van der Waals surface area (Å²) in [5, 5.41) is 2.13. The molecule has 0 heterocycles. The molecule has 0 saturated heterocycles. The number of hydrogen-bond donors (Lipinski definition) is 1. The van der Waals surface area contributed by atoms with Crippen LogP contribution in [0.3, 0.4) is 0 Å². The number of rotatable bonds is 3. The summed E-state index contributed by atoms with van der Waals surface area (Å²) in [4.78, 5) is 0. The highest BCUT2D eigenvalue weighted by atomic mass is 19.4. The lowest BCUT2D eigenvalue weighted by Crippen LogP contribution is -2.34. The van der Waals surface area contributed by atoms with Gasteiger partial charge in [0, 0.05) is 0 Å². The Bertz CT molecular complexity index is 395. The van der Waals surface area contributed by atoms with Gasteiger partial charge in [-0.3, -0.25) is 0 Å². The molecule has 0 aliphatic carbocycles. The van der Waals surface area contributed by atoms with E-state index >= 15 is 0 Å². The monoisotopic (exact) mass is 271 g/mol. The van der Waals surface area contributed by atoms with Crippen molar-refractivity contribution in [2.24, 2.45) is 0 Å². The summed E-state index contributed by atoms with van der Waals surface area (Å²) in [7, 11) is 0. The van der Waals surface area contributed by atoms with E-state index in [4.69, 9.17) is 0 Å². The van der Waals surface area contributed by atoms with E-state index in [0.717, 1.165) is 18.2 Å². The van der Waals surface area contributed by atoms with Gasteiger partial charge < -0.3 is 5.32 Å². The van der Waals surface area contributed by atoms with Gasteiger partial charge in [-0.25, -0.2) is 0 Å². The molecular formula is C11H11F6N. The van der Waals surface area contributed by atoms with Gasteiger partial charge in [0.15, 0.2) is 0 Å². The van der Waals surface area contributed by atoms with Gasteiger partial charge in [0.25, 0.3) is 0 Å². The molecule has 1 aromatic rings. The molecule has 18 heavy (non-hydrogen) atoms. The second-order valence-electron chi connectivity index (χ2n) is 3.66. The van der Waals surface area contributed by atoms with Crippen LogP contribution in [0, 0.1) is 0 Å². The molecule has 0 fully saturated rings. The molecule has 102 valence electrons. The summed E-state index contributed by atoms with van der Waals surface area (Å²) in [5.74, 6) is 0. The maximum absolute atomic E-state index is 12.7. The van der Waals surface area contributed by atoms with Crippen molar-refractivity contribution >= 4 is 0 Å². The summed E-state index contributed by atoms with van der Waals surface area (Å²) in [5.41, 5.74) is -1.54. The molecule has 0 bridgehead atoms. The predicted octanol–water partition coefficient (Wildman–Crippen LogP) is 3.92. The van der Waals surface area contributed by atoms with Crippen LogP contribution in [0.4, 0.5) is 26.3 Å². The first-order chi connectivity index (χ1) is 8.16. The third-order valence-corrected chi connectivity index (χ3v) is 2.28. The van der Waals surface area contributed by atoms with Crippen molar-refractivity contribution in [3.63, 3.8) is 0 Å². The molecule has 1 N–H and O–H groups in total. The molecule has 1 atom stereocenters. The van der Waals surface area contributed by atoms with Crippen LogP contribution in [-0.4, -0.2) is 12.7 Å². The predicted molar refractivity (Wildman–Crippen MR) is 53.9 cm³/mol. The first-order valence-electron chi connectivity index (χ1n) is 5.13. The molecule has 0 aliphatic heterocycles. The van der Waals surface area contributed by atoms with Crippen LogP contribution in [0.5, 0.6) is 0 Å². The molecule has 0 spiro atoms. The van der Waals surface area contributed by atoms with Crippen LogP contribution in [0.15, 0.2) is 24.3 Å². The number of hydrogen-bond acceptors (Lipinski definition) is 1. The van der Waals surface area contributed by atoms with Crippen molar-refractivity contribution in [2.75, 3.05) is 6.54 Å². The minimum absolute atomic E-state index is 0.000419. The first-order valence-corrected chi connectivity index (χ1v) is 5.13. The summed E-state index contributed by atoms with van der Waals surface area (Å²) in [6, 6.07) is 1.15. The van der Waals surface area contributed by atoms with Crippen molar-refractivity contribution in [3.05, 3.63) is 35.4 Å². The Hall–Kier alpha value is -1.24. The fraction of sp³-hybridized carbons (Fsp3) is 0.455. The summed E-state index contributed by atoms with van der Waals surface area (Å²) < 4.78 is 75.3. The summed E-state index contributed by atoms with van der Waals surface area (Å²) in [6.45, 7) is 1.45. The summed E-state index contributed by atoms with van der Waals surface area (Å²) >= 11 is 0. The molecule has 1 nitrogen and oxygen atoms in total. The molecule has 0 aromatic heterocycles. The molecule has 7 heteroatoms. The normalized spacial score (nSPS) is 14.6. The second kappa shape index (κ2) is 5.17. The van der Waals surface area contributed by atoms with Gasteiger partial charge in [-0.1, -0.05) is 19.1 Å². The average molecular weight is 271 g/mol. The van der Waals surface area contributed by atoms with Crippen LogP contribution in [-0.2, 0) is 6.18 Å². The smallest absolute Gasteiger partial charge is 0.303 e. The van der Waals surface area contributed by atoms with E-state index in [-0.39, 0.29) is 6.54 Å². The Labute approximate surface area is 99.8 Å². The number of alkyl halides is 6. The zero-order valence-electron chi connectivity index (χ0n) is 9.36. The van der Waals surface area contributed by atoms with Gasteiger partial charge in [-0.2, -0.15) is 26.3 Å². The van der Waals surface area contributed by atoms with Crippen LogP contribution < -0.4 is 5.32 Å². The van der Waals surface area contributed by atoms with Crippen LogP contribution in [0.2, 0.25) is 0 Å². The Morgan fingerprint density at radius 3 is 2.17 bits per heavy atom. The van der Waals surface area contributed by atoms with Gasteiger partial charge in [-0.05, 0) is 24.2 Å². The van der Waals surface area contributed by atoms with E-state index in [1.54, 1.807) is 0 Å². The lowest BCUT2D eigenvalue weighted by Gasteiger charge is -2.22. The Morgan fingerprint density at radius 2 is 1.72 bits per heavy atom. The third-order valence-electron chi connectivity index (χ3n) is 2.28. The molecule has 1 rings (SSSR count). The van der Waals surface area contributed by atoms with E-state index in [0.29, 0.717) is 6.07 Å². The molecule has 0 aliphatic rings. The highest BCUT2D eigenvalue weighted by Crippen LogP contribution is 2.36. The van der Waals surface area contributed by atoms with E-state index < -0.39 is 29.5 Å². The van der Waals surface area contributed by atoms with Crippen molar-refractivity contribution in [1.82, 2.24) is 5.32 Å². The molecule has 0 unspecified atom stereocenters. The molecular weight excluding hydrogens is 260 g/mol. The van der Waals surface area contributed by atoms with Gasteiger partial charge >= 0.3 is 12.4 Å². The molecule has 1 aromatic carbocycles. The van der Waals surface area contributed by atoms with Crippen molar-refractivity contribution in [1.29, 1.82) is 0 Å². The number of halogens is 6. The summed E-state index contributed by atoms with van der Waals surface area (Å²) in [6.07, 6.45) is -9.29. The van der Waals surface area contributed by atoms with Crippen LogP contribution >= 0.6 is 0 Å². The van der Waals surface area contributed by atoms with Gasteiger partial charge in [-0.15, -0.1) is 0 Å². The molecule has 0 amide bonds. The van der Waals surface area contributed by atoms with Gasteiger partial charge in [0.05, 0.1) is 5.56 Å². The Balaban J connectivity index is 3.14. The van der Waals surface area contributed by atoms with Crippen molar-refractivity contribution in [2.45, 2.75) is 25.3 Å². The fourth-order valence-corrected chi connectivity index (χ4v) is 1.52. The van der Waals surface area contributed by atoms with Crippen LogP contribution in [0.25, 0.3) is 0 Å². The maximum atomic E-state index is 12.7. The van der Waals surface area contributed by atoms with Crippen molar-refractivity contribution < 1.29 is 26.3 Å². The standard InChI is InChI=1S/C11H11F6N/c1-2-18-9(11(15,16)17)7-4-3-5-8(6-7)10(12,13)14/h3-6,9,18H,2H2,1H3/t9-/m1/s1. The SMILES string of the molecule is CCN[C@H](c1cccc(C(F)(F)F)c1)C(F)(F)F. The van der Waals surface area contributed by atoms with E-state index in [2.05, 4.69) is 5.32 Å². The largest absolute Gasteiger partial charge is 0.416 e. The van der Waals surface area contributed by atoms with E-state index in [9.17, 15) is 26.3 Å². The van der Waals surface area contributed by atoms with Crippen molar-refractivity contribution in [3.8, 4) is 0 Å². The first kappa shape index (κ1) is 14.8. The maximum Gasteiger partial charge on any atom is 0.416 e. The van der Waals surface area contributed by atoms with E-state index in [1.807, 2.05) is 0 Å². The highest BCUT2D eigenvalue weighted by molar-refractivity contribution is 5.28. The molecule has 0 radical (unpaired) electrons. The minimum Gasteiger partial charge on any atom is -0.303 e. The number of benzene rings is 1. The quantitative estimate of drug-likeness (QED) is 0.822. The van der Waals surface area contributed by atoms with Gasteiger partial charge in [0.1, 0.15) is 6.04 Å². The van der Waals surface area contributed by atoms with Gasteiger partial charge in [0.2, 0.25) is 0 Å². The van der Waals surface area contributed by atoms with E-state index in [1.165, 1.54) is 6.92 Å². The average Bonchev–Trinajstić information content (AvgIpc) is 2.23. The van der Waals surface area contributed by atoms with Crippen LogP contribution in [0.1, 0.15) is 24.1 Å². The third kappa shape index (κ3) is 3.63. The second-order valence-corrected chi connectivity index (χ2v) is 3.66. The zero-order valence-corrected chi connectivity index (χ0v) is 9.36. The number of nitrogens with one attached hydrogen (secondary N) is 1. The lowest BCUT2D eigenvalue weighted by atomic mass is 10.0. The topological polar surface area (TPSA) is 12.0 Å². The fourth-order valence-electron chi connectivity index (χ4n) is 1.52.